The van der Waals surface area contributed by atoms with E-state index in [1.165, 1.54) is 19.6 Å². The Labute approximate surface area is 388 Å². The van der Waals surface area contributed by atoms with E-state index in [1.54, 1.807) is 9.80 Å². The van der Waals surface area contributed by atoms with Gasteiger partial charge in [0.25, 0.3) is 5.91 Å². The van der Waals surface area contributed by atoms with Crippen molar-refractivity contribution in [2.75, 3.05) is 45.8 Å². The molecule has 0 unspecified atom stereocenters. The molecule has 366 valence electrons. The number of carboxylic acid groups (broad SMARTS) is 1. The summed E-state index contributed by atoms with van der Waals surface area (Å²) in [7, 11) is 0. The average Bonchev–Trinajstić information content (AvgIpc) is 4.15. The summed E-state index contributed by atoms with van der Waals surface area (Å²) in [5.74, 6) is -4.42. The third-order valence-electron chi connectivity index (χ3n) is 15.5. The van der Waals surface area contributed by atoms with Crippen molar-refractivity contribution in [3.63, 3.8) is 0 Å². The predicted octanol–water partition coefficient (Wildman–Crippen LogP) is -1.53. The highest BCUT2D eigenvalue weighted by atomic mass is 16.4. The van der Waals surface area contributed by atoms with Crippen LogP contribution in [0.2, 0.25) is 0 Å². The van der Waals surface area contributed by atoms with Crippen LogP contribution in [0.3, 0.4) is 0 Å². The van der Waals surface area contributed by atoms with Crippen LogP contribution in [0.25, 0.3) is 0 Å². The number of rotatable bonds is 15. The number of amides is 8. The van der Waals surface area contributed by atoms with E-state index >= 15 is 0 Å². The van der Waals surface area contributed by atoms with Crippen molar-refractivity contribution in [1.29, 1.82) is 0 Å². The molecule has 0 aromatic rings. The van der Waals surface area contributed by atoms with Gasteiger partial charge >= 0.3 is 0 Å². The summed E-state index contributed by atoms with van der Waals surface area (Å²) in [6, 6.07) is -7.15. The molecule has 7 aliphatic rings. The second-order valence-electron chi connectivity index (χ2n) is 20.3. The quantitative estimate of drug-likeness (QED) is 0.171. The maximum Gasteiger partial charge on any atom is 0.281 e. The number of hydrogen-bond donors (Lipinski definition) is 3. The van der Waals surface area contributed by atoms with Crippen molar-refractivity contribution < 1.29 is 53.6 Å². The van der Waals surface area contributed by atoms with Crippen molar-refractivity contribution in [3.8, 4) is 0 Å². The van der Waals surface area contributed by atoms with E-state index in [2.05, 4.69) is 10.6 Å². The summed E-state index contributed by atoms with van der Waals surface area (Å²) in [5.41, 5.74) is 0. The van der Waals surface area contributed by atoms with Gasteiger partial charge in [-0.3, -0.25) is 38.4 Å². The highest BCUT2D eigenvalue weighted by molar-refractivity contribution is 5.99. The summed E-state index contributed by atoms with van der Waals surface area (Å²) < 4.78 is 0. The topological polar surface area (TPSA) is 237 Å². The summed E-state index contributed by atoms with van der Waals surface area (Å²) in [4.78, 5) is 134. The molecule has 0 radical (unpaired) electrons. The molecular formula is C47H73N9O10. The Morgan fingerprint density at radius 3 is 1.38 bits per heavy atom. The van der Waals surface area contributed by atoms with Gasteiger partial charge in [-0.2, -0.15) is 0 Å². The van der Waals surface area contributed by atoms with Crippen molar-refractivity contribution >= 4 is 53.2 Å². The highest BCUT2D eigenvalue weighted by Gasteiger charge is 2.49. The zero-order chi connectivity index (χ0) is 47.4. The van der Waals surface area contributed by atoms with Gasteiger partial charge in [0.2, 0.25) is 41.4 Å². The molecule has 66 heavy (non-hydrogen) atoms. The smallest absolute Gasteiger partial charge is 0.281 e. The maximum absolute atomic E-state index is 14.6. The van der Waals surface area contributed by atoms with E-state index < -0.39 is 77.9 Å². The number of quaternary nitrogens is 1. The minimum Gasteiger partial charge on any atom is -0.548 e. The molecule has 10 atom stereocenters. The fourth-order valence-electron chi connectivity index (χ4n) is 11.8. The average molecular weight is 924 g/mol. The van der Waals surface area contributed by atoms with Crippen molar-refractivity contribution in [2.45, 2.75) is 185 Å². The molecule has 7 rings (SSSR count). The van der Waals surface area contributed by atoms with Crippen molar-refractivity contribution in [3.05, 3.63) is 0 Å². The molecule has 0 aromatic carbocycles. The maximum atomic E-state index is 14.6. The van der Waals surface area contributed by atoms with Crippen LogP contribution in [0.1, 0.15) is 130 Å². The molecule has 0 aromatic heterocycles. The second kappa shape index (κ2) is 21.4. The minimum absolute atomic E-state index is 0.0154. The molecule has 7 aliphatic heterocycles. The number of carbonyl (C=O) groups is 9. The van der Waals surface area contributed by atoms with Crippen LogP contribution in [-0.2, 0) is 43.2 Å². The van der Waals surface area contributed by atoms with Gasteiger partial charge in [0.1, 0.15) is 42.3 Å². The molecule has 19 nitrogen and oxygen atoms in total. The molecule has 7 fully saturated rings. The van der Waals surface area contributed by atoms with E-state index in [4.69, 9.17) is 0 Å². The first-order chi connectivity index (χ1) is 31.6. The number of nitrogens with two attached hydrogens (primary N) is 1. The van der Waals surface area contributed by atoms with Crippen LogP contribution in [0.5, 0.6) is 0 Å². The number of carboxylic acids is 1. The van der Waals surface area contributed by atoms with Gasteiger partial charge in [-0.25, -0.2) is 0 Å². The van der Waals surface area contributed by atoms with E-state index in [1.807, 2.05) is 33.0 Å². The van der Waals surface area contributed by atoms with E-state index in [9.17, 15) is 48.3 Å². The summed E-state index contributed by atoms with van der Waals surface area (Å²) >= 11 is 0. The fraction of sp³-hybridized carbons (Fsp3) is 0.809. The van der Waals surface area contributed by atoms with Crippen molar-refractivity contribution in [2.24, 2.45) is 11.8 Å². The Balaban J connectivity index is 1.00. The van der Waals surface area contributed by atoms with Gasteiger partial charge in [0, 0.05) is 52.1 Å². The Bertz CT molecular complexity index is 1870. The lowest BCUT2D eigenvalue weighted by molar-refractivity contribution is -0.658. The first-order valence-corrected chi connectivity index (χ1v) is 25.1. The van der Waals surface area contributed by atoms with Gasteiger partial charge in [0.05, 0.1) is 18.6 Å². The monoisotopic (exact) mass is 924 g/mol. The van der Waals surface area contributed by atoms with Gasteiger partial charge in [0.15, 0.2) is 6.04 Å². The molecule has 4 N–H and O–H groups in total. The molecule has 7 saturated heterocycles. The summed E-state index contributed by atoms with van der Waals surface area (Å²) in [5, 5.41) is 19.7. The Morgan fingerprint density at radius 1 is 0.530 bits per heavy atom. The summed E-state index contributed by atoms with van der Waals surface area (Å²) in [6.07, 6.45) is 8.54. The van der Waals surface area contributed by atoms with Crippen molar-refractivity contribution in [1.82, 2.24) is 40.0 Å². The van der Waals surface area contributed by atoms with Crippen LogP contribution in [0.4, 0.5) is 0 Å². The first kappa shape index (κ1) is 49.1. The van der Waals surface area contributed by atoms with E-state index in [0.717, 1.165) is 25.8 Å². The van der Waals surface area contributed by atoms with Crippen LogP contribution in [0.15, 0.2) is 0 Å². The summed E-state index contributed by atoms with van der Waals surface area (Å²) in [6.45, 7) is 10.6. The standard InChI is InChI=1S/C47H73N9O10/c1-5-29(4)38(50-39(57)31(27-28(2)3)49-40(58)32-14-7-21-51(32)42(60)33-15-8-22-52(33)41(59)30-13-6-20-48-30)46(64)55-25-11-18-36(55)44(62)53-23-9-16-34(53)43(61)54-24-10-17-35(54)45(63)56-26-12-19-37(56)47(65)66/h28-38,48H,5-27H2,1-4H3,(H,49,58)(H,50,57)(H,65,66)/t29-,30-,31-,32-,33-,34-,35-,36-,37-,38-/m0/s1. The largest absolute Gasteiger partial charge is 0.548 e. The molecule has 0 saturated carbocycles. The molecule has 7 heterocycles. The number of nitrogens with zero attached hydrogens (tertiary/aromatic N) is 6. The third kappa shape index (κ3) is 10.2. The second-order valence-corrected chi connectivity index (χ2v) is 20.3. The Morgan fingerprint density at radius 2 is 0.939 bits per heavy atom. The van der Waals surface area contributed by atoms with Gasteiger partial charge in [-0.15, -0.1) is 0 Å². The van der Waals surface area contributed by atoms with Gasteiger partial charge < -0.3 is 55.3 Å². The minimum atomic E-state index is -1.31. The molecule has 0 bridgehead atoms. The van der Waals surface area contributed by atoms with Crippen LogP contribution in [0, 0.1) is 11.8 Å². The highest BCUT2D eigenvalue weighted by Crippen LogP contribution is 2.32. The number of hydrogen-bond acceptors (Lipinski definition) is 10. The lowest BCUT2D eigenvalue weighted by Crippen LogP contribution is -2.89. The zero-order valence-corrected chi connectivity index (χ0v) is 39.5. The Hall–Kier alpha value is -4.81. The van der Waals surface area contributed by atoms with E-state index in [0.29, 0.717) is 103 Å². The normalized spacial score (nSPS) is 29.1. The van der Waals surface area contributed by atoms with E-state index in [-0.39, 0.29) is 61.0 Å². The number of likely N-dealkylation sites (tertiary alicyclic amines) is 6. The fourth-order valence-corrected chi connectivity index (χ4v) is 11.8. The van der Waals surface area contributed by atoms with Crippen LogP contribution in [-0.4, -0.2) is 183 Å². The third-order valence-corrected chi connectivity index (χ3v) is 15.5. The lowest BCUT2D eigenvalue weighted by atomic mass is 9.95. The first-order valence-electron chi connectivity index (χ1n) is 25.1. The van der Waals surface area contributed by atoms with Crippen LogP contribution >= 0.6 is 0 Å². The number of nitrogens with one attached hydrogen (secondary N) is 2. The van der Waals surface area contributed by atoms with Gasteiger partial charge in [-0.1, -0.05) is 34.1 Å². The predicted molar refractivity (Wildman–Crippen MR) is 236 cm³/mol. The molecule has 19 heteroatoms. The SMILES string of the molecule is CC[C@H](C)[C@H](NC(=O)[C@H](CC(C)C)NC(=O)[C@@H]1CCCN1C(=O)[C@@H]1CCCN1C(=O)[C@@H]1CCC[NH2+]1)C(=O)N1CCC[C@H]1C(=O)N1CCC[C@H]1C(=O)N1CCC[C@H]1C(=O)N1CCC[C@H]1C(=O)[O-]. The number of carbonyl (C=O) groups excluding carboxylic acids is 9. The molecule has 0 spiro atoms. The molecule has 8 amide bonds. The lowest BCUT2D eigenvalue weighted by Gasteiger charge is -2.37. The zero-order valence-electron chi connectivity index (χ0n) is 39.5. The van der Waals surface area contributed by atoms with Crippen LogP contribution < -0.4 is 21.1 Å². The number of aliphatic carboxylic acids is 1. The van der Waals surface area contributed by atoms with Gasteiger partial charge in [-0.05, 0) is 95.3 Å². The molecule has 0 aliphatic carbocycles. The Kier molecular flexibility index (Phi) is 15.9. The molecular weight excluding hydrogens is 851 g/mol.